The summed E-state index contributed by atoms with van der Waals surface area (Å²) >= 11 is 0. The predicted octanol–water partition coefficient (Wildman–Crippen LogP) is -0.391. The van der Waals surface area contributed by atoms with Crippen LogP contribution in [0.15, 0.2) is 36.4 Å². The number of aromatic carboxylic acids is 3. The Morgan fingerprint density at radius 3 is 0.676 bits per heavy atom. The van der Waals surface area contributed by atoms with E-state index in [1.54, 1.807) is 0 Å². The maximum atomic E-state index is 10.7. The molecule has 0 saturated heterocycles. The molecule has 0 spiro atoms. The Morgan fingerprint density at radius 1 is 0.432 bits per heavy atom. The number of aromatic hydroxyl groups is 6. The number of carbonyl (C=O) groups is 3. The smallest absolute Gasteiger partial charge is 0.867 e. The quantitative estimate of drug-likeness (QED) is 0.174. The van der Waals surface area contributed by atoms with E-state index in [2.05, 4.69) is 0 Å². The summed E-state index contributed by atoms with van der Waals surface area (Å²) in [5, 5.41) is 110. The summed E-state index contributed by atoms with van der Waals surface area (Å²) in [6.45, 7) is 0. The van der Waals surface area contributed by atoms with Gasteiger partial charge in [-0.05, 0) is 53.6 Å². The molecular weight excluding hydrogens is 636 g/mol. The molecule has 0 saturated carbocycles. The van der Waals surface area contributed by atoms with Crippen molar-refractivity contribution in [3.05, 3.63) is 53.1 Å². The van der Waals surface area contributed by atoms with E-state index in [-0.39, 0.29) is 57.5 Å². The van der Waals surface area contributed by atoms with Gasteiger partial charge in [0, 0.05) is 0 Å². The van der Waals surface area contributed by atoms with Gasteiger partial charge in [0.1, 0.15) is 34.5 Å². The molecule has 3 aromatic rings. The molecule has 0 aromatic heterocycles. The van der Waals surface area contributed by atoms with Crippen molar-refractivity contribution in [1.82, 2.24) is 0 Å². The van der Waals surface area contributed by atoms with Gasteiger partial charge in [0.15, 0.2) is 0 Å². The number of rotatable bonds is 3. The van der Waals surface area contributed by atoms with Crippen molar-refractivity contribution >= 4 is 17.9 Å². The number of hydrogen-bond donors (Lipinski definition) is 9. The van der Waals surface area contributed by atoms with Crippen LogP contribution < -0.4 is 15.3 Å². The van der Waals surface area contributed by atoms with E-state index >= 15 is 0 Å². The van der Waals surface area contributed by atoms with Crippen molar-refractivity contribution in [2.75, 3.05) is 0 Å². The van der Waals surface area contributed by atoms with Crippen molar-refractivity contribution in [2.24, 2.45) is 0 Å². The van der Waals surface area contributed by atoms with Crippen molar-refractivity contribution in [3.8, 4) is 51.7 Å². The SMILES string of the molecule is O=C(O)c1cc(O)c([O-])c(O)c1.O=C(O)c1cc(O)c([O-])c(O)c1.O=C(O)c1cc(O)c([O-])c(O)c1.[Nd+3]. The van der Waals surface area contributed by atoms with Crippen LogP contribution in [0.25, 0.3) is 0 Å². The molecule has 0 aliphatic rings. The van der Waals surface area contributed by atoms with Crippen LogP contribution in [0.3, 0.4) is 0 Å². The molecule has 0 bridgehead atoms. The third-order valence-corrected chi connectivity index (χ3v) is 3.89. The van der Waals surface area contributed by atoms with Crippen LogP contribution in [0.4, 0.5) is 0 Å². The molecule has 0 fully saturated rings. The molecule has 37 heavy (non-hydrogen) atoms. The minimum atomic E-state index is -1.32. The summed E-state index contributed by atoms with van der Waals surface area (Å²) in [5.41, 5.74) is -0.987. The zero-order chi connectivity index (χ0) is 27.9. The fourth-order valence-corrected chi connectivity index (χ4v) is 2.17. The topological polar surface area (TPSA) is 302 Å². The van der Waals surface area contributed by atoms with Crippen LogP contribution in [-0.2, 0) is 0 Å². The summed E-state index contributed by atoms with van der Waals surface area (Å²) in [6, 6.07) is 4.69. The van der Waals surface area contributed by atoms with Crippen LogP contribution in [-0.4, -0.2) is 63.9 Å². The molecule has 193 valence electrons. The molecule has 16 heteroatoms. The molecule has 1 radical (unpaired) electrons. The maximum absolute atomic E-state index is 10.7. The summed E-state index contributed by atoms with van der Waals surface area (Å²) in [4.78, 5) is 30.9. The van der Waals surface area contributed by atoms with Crippen molar-refractivity contribution in [2.45, 2.75) is 0 Å². The Hall–Kier alpha value is -4.38. The number of carboxylic acids is 3. The fourth-order valence-electron chi connectivity index (χ4n) is 2.17. The van der Waals surface area contributed by atoms with E-state index in [1.165, 1.54) is 0 Å². The minimum absolute atomic E-state index is 0. The molecule has 0 amide bonds. The molecule has 0 unspecified atom stereocenters. The van der Waals surface area contributed by atoms with E-state index in [4.69, 9.17) is 46.0 Å². The Kier molecular flexibility index (Phi) is 12.0. The van der Waals surface area contributed by atoms with Crippen molar-refractivity contribution < 1.29 is 117 Å². The summed E-state index contributed by atoms with van der Waals surface area (Å²) in [7, 11) is 0. The van der Waals surface area contributed by atoms with E-state index in [0.717, 1.165) is 36.4 Å². The Balaban J connectivity index is 0.000000518. The van der Waals surface area contributed by atoms with Crippen LogP contribution in [0.1, 0.15) is 31.1 Å². The van der Waals surface area contributed by atoms with E-state index in [9.17, 15) is 29.7 Å². The third kappa shape index (κ3) is 8.97. The summed E-state index contributed by atoms with van der Waals surface area (Å²) in [5.74, 6) is -11.5. The average molecular weight is 652 g/mol. The van der Waals surface area contributed by atoms with Gasteiger partial charge in [-0.2, -0.15) is 0 Å². The van der Waals surface area contributed by atoms with Crippen LogP contribution in [0, 0.1) is 40.8 Å². The van der Waals surface area contributed by atoms with E-state index in [0.29, 0.717) is 0 Å². The average Bonchev–Trinajstić information content (AvgIpc) is 2.79. The van der Waals surface area contributed by atoms with Crippen molar-refractivity contribution in [3.63, 3.8) is 0 Å². The molecular formula is C21H15NdO15. The van der Waals surface area contributed by atoms with Crippen LogP contribution in [0.5, 0.6) is 51.7 Å². The Morgan fingerprint density at radius 2 is 0.568 bits per heavy atom. The molecule has 0 atom stereocenters. The van der Waals surface area contributed by atoms with Crippen molar-refractivity contribution in [1.29, 1.82) is 0 Å². The first-order chi connectivity index (χ1) is 16.6. The molecule has 0 aliphatic carbocycles. The second-order valence-electron chi connectivity index (χ2n) is 6.45. The molecule has 0 aliphatic heterocycles. The van der Waals surface area contributed by atoms with Crippen LogP contribution >= 0.6 is 0 Å². The minimum Gasteiger partial charge on any atom is -0.867 e. The summed E-state index contributed by atoms with van der Waals surface area (Å²) < 4.78 is 0. The first kappa shape index (κ1) is 32.6. The van der Waals surface area contributed by atoms with E-state index < -0.39 is 69.7 Å². The summed E-state index contributed by atoms with van der Waals surface area (Å²) in [6.07, 6.45) is 0. The Bertz CT molecular complexity index is 1090. The second-order valence-corrected chi connectivity index (χ2v) is 6.45. The largest absolute Gasteiger partial charge is 3.00 e. The van der Waals surface area contributed by atoms with Gasteiger partial charge in [-0.15, -0.1) is 0 Å². The number of carboxylic acid groups (broad SMARTS) is 3. The van der Waals surface area contributed by atoms with Gasteiger partial charge in [-0.25, -0.2) is 14.4 Å². The van der Waals surface area contributed by atoms with Gasteiger partial charge < -0.3 is 61.3 Å². The van der Waals surface area contributed by atoms with Crippen LogP contribution in [0.2, 0.25) is 0 Å². The standard InChI is InChI=1S/3C7H6O5.Nd/c3*8-4-1-3(7(11)12)2-5(9)6(4)10;/h3*1-2,8-10H,(H,11,12);/q;;;+3/p-3. The van der Waals surface area contributed by atoms with Gasteiger partial charge in [-0.3, -0.25) is 0 Å². The number of phenols is 6. The predicted molar refractivity (Wildman–Crippen MR) is 109 cm³/mol. The third-order valence-electron chi connectivity index (χ3n) is 3.89. The first-order valence-corrected chi connectivity index (χ1v) is 8.95. The number of hydrogen-bond acceptors (Lipinski definition) is 12. The zero-order valence-electron chi connectivity index (χ0n) is 17.9. The molecule has 9 N–H and O–H groups in total. The maximum Gasteiger partial charge on any atom is 3.00 e. The Labute approximate surface area is 238 Å². The van der Waals surface area contributed by atoms with Gasteiger partial charge in [-0.1, -0.05) is 0 Å². The molecule has 3 aromatic carbocycles. The number of benzene rings is 3. The van der Waals surface area contributed by atoms with Gasteiger partial charge >= 0.3 is 58.7 Å². The molecule has 0 heterocycles. The second kappa shape index (κ2) is 13.6. The van der Waals surface area contributed by atoms with E-state index in [1.807, 2.05) is 0 Å². The molecule has 15 nitrogen and oxygen atoms in total. The zero-order valence-corrected chi connectivity index (χ0v) is 21.1. The van der Waals surface area contributed by atoms with Gasteiger partial charge in [0.05, 0.1) is 16.7 Å². The fraction of sp³-hybridized carbons (Fsp3) is 0. The first-order valence-electron chi connectivity index (χ1n) is 8.95. The normalized spacial score (nSPS) is 9.41. The molecule has 3 rings (SSSR count). The van der Waals surface area contributed by atoms with Gasteiger partial charge in [0.2, 0.25) is 0 Å². The van der Waals surface area contributed by atoms with Gasteiger partial charge in [0.25, 0.3) is 0 Å². The number of phenolic OH excluding ortho intramolecular Hbond substituents is 6. The monoisotopic (exact) mass is 649 g/mol.